The molecule has 4 N–H and O–H groups in total. The molecule has 0 aromatic heterocycles. The first-order chi connectivity index (χ1) is 9.61. The van der Waals surface area contributed by atoms with Crippen molar-refractivity contribution in [3.05, 3.63) is 0 Å². The molecule has 1 unspecified atom stereocenters. The molecule has 1 saturated carbocycles. The Labute approximate surface area is 119 Å². The molecule has 0 spiro atoms. The SMILES string of the molecule is CCC[C@@H](NC(=O)[C@@H]1CCCN1)C(O)C(=O)NC1CC1. The van der Waals surface area contributed by atoms with E-state index in [0.717, 1.165) is 38.6 Å². The number of hydrogen-bond acceptors (Lipinski definition) is 4. The van der Waals surface area contributed by atoms with Crippen molar-refractivity contribution >= 4 is 11.8 Å². The predicted molar refractivity (Wildman–Crippen MR) is 75.0 cm³/mol. The fourth-order valence-corrected chi connectivity index (χ4v) is 2.51. The Morgan fingerprint density at radius 2 is 2.10 bits per heavy atom. The first kappa shape index (κ1) is 15.3. The zero-order valence-corrected chi connectivity index (χ0v) is 12.0. The van der Waals surface area contributed by atoms with Gasteiger partial charge in [0.15, 0.2) is 6.10 Å². The Hall–Kier alpha value is -1.14. The van der Waals surface area contributed by atoms with Crippen LogP contribution in [0.15, 0.2) is 0 Å². The van der Waals surface area contributed by atoms with Crippen LogP contribution in [-0.4, -0.2) is 47.7 Å². The monoisotopic (exact) mass is 283 g/mol. The van der Waals surface area contributed by atoms with Crippen molar-refractivity contribution in [2.24, 2.45) is 0 Å². The van der Waals surface area contributed by atoms with Gasteiger partial charge in [-0.1, -0.05) is 13.3 Å². The van der Waals surface area contributed by atoms with Crippen LogP contribution in [0.2, 0.25) is 0 Å². The van der Waals surface area contributed by atoms with Crippen LogP contribution in [-0.2, 0) is 9.59 Å². The molecule has 6 nitrogen and oxygen atoms in total. The summed E-state index contributed by atoms with van der Waals surface area (Å²) in [7, 11) is 0. The van der Waals surface area contributed by atoms with Crippen molar-refractivity contribution in [2.45, 2.75) is 69.7 Å². The minimum Gasteiger partial charge on any atom is -0.381 e. The van der Waals surface area contributed by atoms with Crippen LogP contribution in [0.25, 0.3) is 0 Å². The van der Waals surface area contributed by atoms with E-state index in [2.05, 4.69) is 16.0 Å². The molecule has 0 aromatic rings. The number of hydrogen-bond donors (Lipinski definition) is 4. The summed E-state index contributed by atoms with van der Waals surface area (Å²) in [5, 5.41) is 18.9. The van der Waals surface area contributed by atoms with E-state index >= 15 is 0 Å². The molecular formula is C14H25N3O3. The number of carbonyl (C=O) groups is 2. The van der Waals surface area contributed by atoms with E-state index in [1.165, 1.54) is 0 Å². The Morgan fingerprint density at radius 1 is 1.35 bits per heavy atom. The Balaban J connectivity index is 1.86. The Kier molecular flexibility index (Phi) is 5.37. The first-order valence-corrected chi connectivity index (χ1v) is 7.64. The summed E-state index contributed by atoms with van der Waals surface area (Å²) in [4.78, 5) is 24.0. The van der Waals surface area contributed by atoms with Gasteiger partial charge in [0.2, 0.25) is 5.91 Å². The molecule has 2 amide bonds. The number of aliphatic hydroxyl groups is 1. The molecule has 2 aliphatic rings. The Bertz CT molecular complexity index is 352. The van der Waals surface area contributed by atoms with Crippen LogP contribution in [0, 0.1) is 0 Å². The number of rotatable bonds is 7. The fourth-order valence-electron chi connectivity index (χ4n) is 2.51. The van der Waals surface area contributed by atoms with Gasteiger partial charge >= 0.3 is 0 Å². The minimum absolute atomic E-state index is 0.112. The summed E-state index contributed by atoms with van der Waals surface area (Å²) in [6.45, 7) is 2.82. The lowest BCUT2D eigenvalue weighted by molar-refractivity contribution is -0.132. The van der Waals surface area contributed by atoms with E-state index < -0.39 is 12.1 Å². The highest BCUT2D eigenvalue weighted by atomic mass is 16.3. The van der Waals surface area contributed by atoms with Gasteiger partial charge < -0.3 is 21.1 Å². The quantitative estimate of drug-likeness (QED) is 0.515. The molecule has 1 aliphatic carbocycles. The normalized spacial score (nSPS) is 25.0. The highest BCUT2D eigenvalue weighted by molar-refractivity contribution is 5.85. The molecule has 2 rings (SSSR count). The standard InChI is InChI=1S/C14H25N3O3/c1-2-4-10(12(18)14(20)16-9-6-7-9)17-13(19)11-5-3-8-15-11/h9-12,15,18H,2-8H2,1H3,(H,16,20)(H,17,19)/t10-,11+,12?/m1/s1. The maximum absolute atomic E-state index is 12.1. The third-order valence-corrected chi connectivity index (χ3v) is 3.88. The second-order valence-electron chi connectivity index (χ2n) is 5.78. The van der Waals surface area contributed by atoms with Crippen molar-refractivity contribution in [3.8, 4) is 0 Å². The van der Waals surface area contributed by atoms with E-state index in [1.807, 2.05) is 6.92 Å². The van der Waals surface area contributed by atoms with Crippen LogP contribution in [0.1, 0.15) is 45.4 Å². The molecular weight excluding hydrogens is 258 g/mol. The Morgan fingerprint density at radius 3 is 2.65 bits per heavy atom. The fraction of sp³-hybridized carbons (Fsp3) is 0.857. The maximum atomic E-state index is 12.1. The number of aliphatic hydroxyl groups excluding tert-OH is 1. The smallest absolute Gasteiger partial charge is 0.251 e. The summed E-state index contributed by atoms with van der Waals surface area (Å²) in [5.74, 6) is -0.482. The van der Waals surface area contributed by atoms with Gasteiger partial charge in [-0.2, -0.15) is 0 Å². The molecule has 0 bridgehead atoms. The zero-order chi connectivity index (χ0) is 14.5. The van der Waals surface area contributed by atoms with E-state index in [1.54, 1.807) is 0 Å². The van der Waals surface area contributed by atoms with Crippen molar-refractivity contribution in [1.82, 2.24) is 16.0 Å². The van der Waals surface area contributed by atoms with E-state index in [9.17, 15) is 14.7 Å². The lowest BCUT2D eigenvalue weighted by atomic mass is 10.0. The molecule has 1 heterocycles. The van der Waals surface area contributed by atoms with Gasteiger partial charge in [0.25, 0.3) is 5.91 Å². The minimum atomic E-state index is -1.17. The molecule has 6 heteroatoms. The molecule has 114 valence electrons. The summed E-state index contributed by atoms with van der Waals surface area (Å²) in [6, 6.07) is -0.478. The van der Waals surface area contributed by atoms with Crippen LogP contribution in [0.4, 0.5) is 0 Å². The van der Waals surface area contributed by atoms with Crippen LogP contribution < -0.4 is 16.0 Å². The number of carbonyl (C=O) groups excluding carboxylic acids is 2. The van der Waals surface area contributed by atoms with E-state index in [-0.39, 0.29) is 23.9 Å². The van der Waals surface area contributed by atoms with Gasteiger partial charge in [-0.15, -0.1) is 0 Å². The van der Waals surface area contributed by atoms with Gasteiger partial charge in [-0.3, -0.25) is 9.59 Å². The lowest BCUT2D eigenvalue weighted by Gasteiger charge is -2.24. The van der Waals surface area contributed by atoms with E-state index in [4.69, 9.17) is 0 Å². The lowest BCUT2D eigenvalue weighted by Crippen LogP contribution is -2.54. The third-order valence-electron chi connectivity index (χ3n) is 3.88. The predicted octanol–water partition coefficient (Wildman–Crippen LogP) is -0.337. The molecule has 3 atom stereocenters. The van der Waals surface area contributed by atoms with Gasteiger partial charge in [-0.05, 0) is 38.6 Å². The average molecular weight is 283 g/mol. The summed E-state index contributed by atoms with van der Waals surface area (Å²) in [6.07, 6.45) is 4.00. The molecule has 0 aromatic carbocycles. The maximum Gasteiger partial charge on any atom is 0.251 e. The van der Waals surface area contributed by atoms with Crippen molar-refractivity contribution in [2.75, 3.05) is 6.54 Å². The van der Waals surface area contributed by atoms with Crippen LogP contribution >= 0.6 is 0 Å². The van der Waals surface area contributed by atoms with E-state index in [0.29, 0.717) is 6.42 Å². The van der Waals surface area contributed by atoms with Gasteiger partial charge in [0.05, 0.1) is 12.1 Å². The number of nitrogens with one attached hydrogen (secondary N) is 3. The average Bonchev–Trinajstić information content (AvgIpc) is 3.07. The number of amides is 2. The third kappa shape index (κ3) is 4.18. The topological polar surface area (TPSA) is 90.5 Å². The molecule has 2 fully saturated rings. The van der Waals surface area contributed by atoms with Crippen molar-refractivity contribution in [1.29, 1.82) is 0 Å². The highest BCUT2D eigenvalue weighted by Crippen LogP contribution is 2.19. The van der Waals surface area contributed by atoms with Crippen molar-refractivity contribution < 1.29 is 14.7 Å². The summed E-state index contributed by atoms with van der Waals surface area (Å²) >= 11 is 0. The summed E-state index contributed by atoms with van der Waals surface area (Å²) < 4.78 is 0. The van der Waals surface area contributed by atoms with Gasteiger partial charge in [0, 0.05) is 6.04 Å². The second kappa shape index (κ2) is 7.04. The summed E-state index contributed by atoms with van der Waals surface area (Å²) in [5.41, 5.74) is 0. The van der Waals surface area contributed by atoms with Gasteiger partial charge in [-0.25, -0.2) is 0 Å². The zero-order valence-electron chi connectivity index (χ0n) is 12.0. The molecule has 20 heavy (non-hydrogen) atoms. The van der Waals surface area contributed by atoms with Gasteiger partial charge in [0.1, 0.15) is 0 Å². The first-order valence-electron chi connectivity index (χ1n) is 7.64. The molecule has 1 saturated heterocycles. The molecule has 0 radical (unpaired) electrons. The van der Waals surface area contributed by atoms with Crippen LogP contribution in [0.5, 0.6) is 0 Å². The largest absolute Gasteiger partial charge is 0.381 e. The molecule has 1 aliphatic heterocycles. The second-order valence-corrected chi connectivity index (χ2v) is 5.78. The van der Waals surface area contributed by atoms with Crippen molar-refractivity contribution in [3.63, 3.8) is 0 Å². The highest BCUT2D eigenvalue weighted by Gasteiger charge is 2.33. The van der Waals surface area contributed by atoms with Crippen LogP contribution in [0.3, 0.4) is 0 Å².